The van der Waals surface area contributed by atoms with Crippen molar-refractivity contribution in [2.75, 3.05) is 11.4 Å². The molecule has 7 aliphatic rings. The van der Waals surface area contributed by atoms with Gasteiger partial charge in [-0.3, -0.25) is 14.5 Å². The second-order valence-electron chi connectivity index (χ2n) is 17.3. The Morgan fingerprint density at radius 3 is 2.22 bits per heavy atom. The van der Waals surface area contributed by atoms with Crippen molar-refractivity contribution in [2.45, 2.75) is 135 Å². The quantitative estimate of drug-likeness (QED) is 0.325. The van der Waals surface area contributed by atoms with Gasteiger partial charge in [0.05, 0.1) is 11.7 Å². The fraction of sp³-hybridized carbons (Fsp3) is 0.667. The molecule has 1 saturated carbocycles. The van der Waals surface area contributed by atoms with E-state index >= 15 is 0 Å². The molecule has 0 radical (unpaired) electrons. The number of benzene rings is 1. The number of hydrogen-bond acceptors (Lipinski definition) is 7. The number of carbonyl (C=O) groups excluding carboxylic acids is 4. The van der Waals surface area contributed by atoms with Crippen molar-refractivity contribution < 1.29 is 33.4 Å². The van der Waals surface area contributed by atoms with Gasteiger partial charge in [0.2, 0.25) is 5.91 Å². The van der Waals surface area contributed by atoms with Gasteiger partial charge in [0, 0.05) is 23.9 Å². The van der Waals surface area contributed by atoms with Crippen LogP contribution in [0.15, 0.2) is 18.2 Å². The summed E-state index contributed by atoms with van der Waals surface area (Å²) < 4.78 is 18.3. The fourth-order valence-corrected chi connectivity index (χ4v) is 9.62. The highest BCUT2D eigenvalue weighted by molar-refractivity contribution is 6.12. The van der Waals surface area contributed by atoms with Crippen molar-refractivity contribution >= 4 is 35.8 Å². The van der Waals surface area contributed by atoms with E-state index in [1.165, 1.54) is 4.90 Å². The standard InChI is InChI=1S/C36H47N3O7/c1-31(2,3)45-29(42)38-25-20(12-13-23-21(25)14-16-33(7,8)44-23)22-18-36-24(34(9,10)26(22)38)19-35(15-11-17-37(35)28(36)41)27(40)39(36)30(43)46-32(4,5)6/h12-14,16,22,24,26H,11,15,17-19H2,1-10H3/t22-,24-,26+,35+,36+/m0/s1. The summed E-state index contributed by atoms with van der Waals surface area (Å²) >= 11 is 0. The van der Waals surface area contributed by atoms with Gasteiger partial charge >= 0.3 is 12.2 Å². The molecule has 10 nitrogen and oxygen atoms in total. The molecule has 0 aromatic heterocycles. The Morgan fingerprint density at radius 1 is 0.913 bits per heavy atom. The van der Waals surface area contributed by atoms with Crippen molar-refractivity contribution in [3.05, 3.63) is 29.3 Å². The van der Waals surface area contributed by atoms with Crippen LogP contribution in [0.5, 0.6) is 5.75 Å². The molecule has 0 N–H and O–H groups in total. The summed E-state index contributed by atoms with van der Waals surface area (Å²) in [6.07, 6.45) is 4.55. The molecule has 0 unspecified atom stereocenters. The SMILES string of the molecule is CC(C)(C)OC(=O)N1c2c(ccc3c2C=CC(C)(C)O3)[C@@H]2C[C@]34C(=O)N5CCC[C@@]5(C[C@H]3C(C)(C)[C@@H]21)C(=O)N4C(=O)OC(C)(C)C. The third-order valence-electron chi connectivity index (χ3n) is 11.1. The van der Waals surface area contributed by atoms with E-state index in [4.69, 9.17) is 14.2 Å². The number of imide groups is 1. The van der Waals surface area contributed by atoms with Crippen LogP contribution in [0, 0.1) is 11.3 Å². The summed E-state index contributed by atoms with van der Waals surface area (Å²) in [7, 11) is 0. The molecule has 8 rings (SSSR count). The monoisotopic (exact) mass is 633 g/mol. The molecule has 5 atom stereocenters. The summed E-state index contributed by atoms with van der Waals surface area (Å²) in [5.41, 5.74) is -3.08. The zero-order valence-corrected chi connectivity index (χ0v) is 28.8. The van der Waals surface area contributed by atoms with E-state index in [-0.39, 0.29) is 24.2 Å². The number of piperazine rings is 1. The molecule has 6 aliphatic heterocycles. The summed E-state index contributed by atoms with van der Waals surface area (Å²) in [6.45, 7) is 19.5. The van der Waals surface area contributed by atoms with E-state index in [1.54, 1.807) is 30.6 Å². The minimum atomic E-state index is -1.46. The molecular formula is C36H47N3O7. The number of rotatable bonds is 0. The molecule has 5 fully saturated rings. The minimum absolute atomic E-state index is 0.182. The lowest BCUT2D eigenvalue weighted by molar-refractivity contribution is -0.211. The lowest BCUT2D eigenvalue weighted by atomic mass is 9.47. The maximum atomic E-state index is 14.9. The third kappa shape index (κ3) is 4.00. The molecule has 10 heteroatoms. The van der Waals surface area contributed by atoms with Gasteiger partial charge in [-0.1, -0.05) is 19.9 Å². The van der Waals surface area contributed by atoms with E-state index in [0.29, 0.717) is 37.2 Å². The first-order valence-corrected chi connectivity index (χ1v) is 16.6. The van der Waals surface area contributed by atoms with Crippen LogP contribution in [-0.4, -0.2) is 74.3 Å². The number of carbonyl (C=O) groups is 4. The van der Waals surface area contributed by atoms with Gasteiger partial charge in [-0.15, -0.1) is 0 Å². The number of piperidine rings is 2. The number of amides is 4. The first kappa shape index (κ1) is 31.1. The molecular weight excluding hydrogens is 586 g/mol. The number of fused-ring (bicyclic) bond motifs is 6. The third-order valence-corrected chi connectivity index (χ3v) is 11.1. The van der Waals surface area contributed by atoms with Crippen LogP contribution >= 0.6 is 0 Å². The normalized spacial score (nSPS) is 33.1. The van der Waals surface area contributed by atoms with Crippen LogP contribution in [0.4, 0.5) is 15.3 Å². The van der Waals surface area contributed by atoms with Crippen LogP contribution < -0.4 is 9.64 Å². The van der Waals surface area contributed by atoms with Gasteiger partial charge in [-0.2, -0.15) is 0 Å². The van der Waals surface area contributed by atoms with Gasteiger partial charge < -0.3 is 19.1 Å². The Morgan fingerprint density at radius 2 is 1.57 bits per heavy atom. The summed E-state index contributed by atoms with van der Waals surface area (Å²) in [6, 6.07) is 3.50. The van der Waals surface area contributed by atoms with E-state index in [0.717, 1.165) is 11.1 Å². The van der Waals surface area contributed by atoms with E-state index < -0.39 is 57.4 Å². The molecule has 2 bridgehead atoms. The van der Waals surface area contributed by atoms with Crippen LogP contribution in [0.2, 0.25) is 0 Å². The zero-order valence-electron chi connectivity index (χ0n) is 28.8. The highest BCUT2D eigenvalue weighted by Crippen LogP contribution is 2.68. The first-order valence-electron chi connectivity index (χ1n) is 16.6. The second-order valence-corrected chi connectivity index (χ2v) is 17.3. The zero-order chi connectivity index (χ0) is 33.6. The molecule has 6 heterocycles. The molecule has 1 aliphatic carbocycles. The Bertz CT molecular complexity index is 1610. The molecule has 46 heavy (non-hydrogen) atoms. The van der Waals surface area contributed by atoms with Crippen molar-refractivity contribution in [3.8, 4) is 5.75 Å². The lowest BCUT2D eigenvalue weighted by Crippen LogP contribution is -2.86. The summed E-state index contributed by atoms with van der Waals surface area (Å²) in [4.78, 5) is 62.7. The van der Waals surface area contributed by atoms with Crippen LogP contribution in [0.3, 0.4) is 0 Å². The van der Waals surface area contributed by atoms with Crippen LogP contribution in [0.25, 0.3) is 6.08 Å². The predicted molar refractivity (Wildman–Crippen MR) is 171 cm³/mol. The van der Waals surface area contributed by atoms with E-state index in [9.17, 15) is 19.2 Å². The number of nitrogens with zero attached hydrogens (tertiary/aromatic N) is 3. The molecule has 248 valence electrons. The number of anilines is 1. The lowest BCUT2D eigenvalue weighted by Gasteiger charge is -2.69. The molecule has 4 amide bonds. The summed E-state index contributed by atoms with van der Waals surface area (Å²) in [5, 5.41) is 0. The molecule has 2 spiro atoms. The van der Waals surface area contributed by atoms with Crippen molar-refractivity contribution in [1.82, 2.24) is 9.80 Å². The van der Waals surface area contributed by atoms with Gasteiger partial charge in [-0.05, 0) is 110 Å². The Kier molecular flexibility index (Phi) is 6.12. The topological polar surface area (TPSA) is 106 Å². The maximum absolute atomic E-state index is 14.9. The van der Waals surface area contributed by atoms with Crippen LogP contribution in [0.1, 0.15) is 112 Å². The van der Waals surface area contributed by atoms with Crippen molar-refractivity contribution in [1.29, 1.82) is 0 Å². The molecule has 1 aromatic rings. The average Bonchev–Trinajstić information content (AvgIpc) is 3.48. The van der Waals surface area contributed by atoms with Crippen molar-refractivity contribution in [3.63, 3.8) is 0 Å². The maximum Gasteiger partial charge on any atom is 0.418 e. The van der Waals surface area contributed by atoms with Gasteiger partial charge in [0.15, 0.2) is 0 Å². The van der Waals surface area contributed by atoms with E-state index in [2.05, 4.69) is 13.8 Å². The number of hydrogen-bond donors (Lipinski definition) is 0. The average molecular weight is 634 g/mol. The van der Waals surface area contributed by atoms with Gasteiger partial charge in [-0.25, -0.2) is 14.5 Å². The predicted octanol–water partition coefficient (Wildman–Crippen LogP) is 6.41. The Labute approximate surface area is 271 Å². The van der Waals surface area contributed by atoms with Crippen molar-refractivity contribution in [2.24, 2.45) is 11.3 Å². The van der Waals surface area contributed by atoms with Gasteiger partial charge in [0.25, 0.3) is 5.91 Å². The second kappa shape index (κ2) is 9.07. The fourth-order valence-electron chi connectivity index (χ4n) is 9.62. The summed E-state index contributed by atoms with van der Waals surface area (Å²) in [5.74, 6) is -0.658. The largest absolute Gasteiger partial charge is 0.483 e. The first-order chi connectivity index (χ1) is 21.1. The Hall–Kier alpha value is -3.56. The van der Waals surface area contributed by atoms with Crippen LogP contribution in [-0.2, 0) is 19.1 Å². The molecule has 1 aromatic carbocycles. The highest BCUT2D eigenvalue weighted by atomic mass is 16.6. The minimum Gasteiger partial charge on any atom is -0.483 e. The smallest absolute Gasteiger partial charge is 0.418 e. The Balaban J connectivity index is 1.45. The van der Waals surface area contributed by atoms with Gasteiger partial charge in [0.1, 0.15) is 33.6 Å². The highest BCUT2D eigenvalue weighted by Gasteiger charge is 2.80. The van der Waals surface area contributed by atoms with E-state index in [1.807, 2.05) is 58.9 Å². The number of ether oxygens (including phenoxy) is 3. The molecule has 4 saturated heterocycles.